The Kier molecular flexibility index (Phi) is 4.61. The summed E-state index contributed by atoms with van der Waals surface area (Å²) in [5.41, 5.74) is 2.26. The number of carbonyl (C=O) groups is 1. The highest BCUT2D eigenvalue weighted by Gasteiger charge is 2.30. The number of pyridine rings is 1. The second kappa shape index (κ2) is 7.46. The standard InChI is InChI=1S/C21H23N9O/c1-4-5-13-12-19(31)28(2)18-11-14(10-17-26-27-20(13)30(17)18)15-6-8-22-21(24-15)25-16-7-9-23-29(16)3/h6-11,13H,4-5,12H2,1-3H3,(H,22,24,25)/t13-/m1/s1. The monoisotopic (exact) mass is 417 g/mol. The summed E-state index contributed by atoms with van der Waals surface area (Å²) in [4.78, 5) is 23.5. The highest BCUT2D eigenvalue weighted by Crippen LogP contribution is 2.34. The molecule has 5 rings (SSSR count). The molecular formula is C21H23N9O. The fraction of sp³-hybridized carbons (Fsp3) is 0.333. The first-order chi connectivity index (χ1) is 15.0. The molecule has 0 unspecified atom stereocenters. The Morgan fingerprint density at radius 3 is 2.81 bits per heavy atom. The summed E-state index contributed by atoms with van der Waals surface area (Å²) in [6, 6.07) is 7.59. The van der Waals surface area contributed by atoms with Crippen molar-refractivity contribution in [2.75, 3.05) is 17.3 Å². The van der Waals surface area contributed by atoms with E-state index in [2.05, 4.69) is 37.5 Å². The Hall–Kier alpha value is -3.82. The van der Waals surface area contributed by atoms with Gasteiger partial charge in [0.15, 0.2) is 5.65 Å². The van der Waals surface area contributed by atoms with Gasteiger partial charge in [0, 0.05) is 44.3 Å². The van der Waals surface area contributed by atoms with Gasteiger partial charge in [-0.15, -0.1) is 10.2 Å². The predicted molar refractivity (Wildman–Crippen MR) is 116 cm³/mol. The normalized spacial score (nSPS) is 16.0. The van der Waals surface area contributed by atoms with Crippen LogP contribution in [0.5, 0.6) is 0 Å². The number of hydrogen-bond donors (Lipinski definition) is 1. The zero-order valence-electron chi connectivity index (χ0n) is 17.6. The molecule has 158 valence electrons. The zero-order valence-corrected chi connectivity index (χ0v) is 17.6. The molecule has 0 spiro atoms. The molecule has 1 amide bonds. The van der Waals surface area contributed by atoms with E-state index >= 15 is 0 Å². The van der Waals surface area contributed by atoms with Gasteiger partial charge in [-0.25, -0.2) is 9.97 Å². The lowest BCUT2D eigenvalue weighted by atomic mass is 9.99. The summed E-state index contributed by atoms with van der Waals surface area (Å²) in [5, 5.41) is 16.2. The fourth-order valence-corrected chi connectivity index (χ4v) is 4.02. The molecule has 0 aromatic carbocycles. The Bertz CT molecular complexity index is 1280. The fourth-order valence-electron chi connectivity index (χ4n) is 4.02. The maximum atomic E-state index is 12.8. The van der Waals surface area contributed by atoms with Crippen LogP contribution in [0.1, 0.15) is 37.9 Å². The average Bonchev–Trinajstić information content (AvgIpc) is 3.36. The average molecular weight is 417 g/mol. The molecule has 1 aliphatic rings. The number of rotatable bonds is 5. The molecule has 0 fully saturated rings. The first-order valence-corrected chi connectivity index (χ1v) is 10.3. The molecule has 5 heterocycles. The van der Waals surface area contributed by atoms with E-state index in [1.54, 1.807) is 29.0 Å². The highest BCUT2D eigenvalue weighted by molar-refractivity contribution is 5.94. The molecule has 0 saturated heterocycles. The number of amides is 1. The molecule has 1 atom stereocenters. The number of nitrogens with one attached hydrogen (secondary N) is 1. The number of anilines is 3. The number of hydrogen-bond acceptors (Lipinski definition) is 7. The summed E-state index contributed by atoms with van der Waals surface area (Å²) < 4.78 is 3.70. The molecule has 10 nitrogen and oxygen atoms in total. The van der Waals surface area contributed by atoms with Crippen LogP contribution in [-0.4, -0.2) is 47.3 Å². The molecule has 10 heteroatoms. The van der Waals surface area contributed by atoms with Crippen molar-refractivity contribution >= 4 is 29.1 Å². The Balaban J connectivity index is 1.59. The number of aromatic nitrogens is 7. The van der Waals surface area contributed by atoms with Crippen molar-refractivity contribution in [2.24, 2.45) is 7.05 Å². The van der Waals surface area contributed by atoms with E-state index in [0.717, 1.165) is 41.6 Å². The molecule has 4 aromatic heterocycles. The second-order valence-corrected chi connectivity index (χ2v) is 7.73. The topological polar surface area (TPSA) is 106 Å². The first-order valence-electron chi connectivity index (χ1n) is 10.3. The van der Waals surface area contributed by atoms with Crippen molar-refractivity contribution in [1.29, 1.82) is 0 Å². The summed E-state index contributed by atoms with van der Waals surface area (Å²) in [6.45, 7) is 2.12. The van der Waals surface area contributed by atoms with Gasteiger partial charge >= 0.3 is 0 Å². The van der Waals surface area contributed by atoms with Crippen LogP contribution in [0.2, 0.25) is 0 Å². The van der Waals surface area contributed by atoms with E-state index in [9.17, 15) is 4.79 Å². The van der Waals surface area contributed by atoms with E-state index in [-0.39, 0.29) is 11.8 Å². The molecule has 0 bridgehead atoms. The van der Waals surface area contributed by atoms with E-state index in [1.165, 1.54) is 0 Å². The number of aryl methyl sites for hydroxylation is 1. The van der Waals surface area contributed by atoms with Crippen molar-refractivity contribution in [2.45, 2.75) is 32.1 Å². The highest BCUT2D eigenvalue weighted by atomic mass is 16.2. The van der Waals surface area contributed by atoms with Crippen LogP contribution < -0.4 is 10.2 Å². The van der Waals surface area contributed by atoms with Gasteiger partial charge < -0.3 is 10.2 Å². The summed E-state index contributed by atoms with van der Waals surface area (Å²) in [6.07, 6.45) is 5.72. The van der Waals surface area contributed by atoms with Gasteiger partial charge in [-0.05, 0) is 24.6 Å². The van der Waals surface area contributed by atoms with Gasteiger partial charge in [0.1, 0.15) is 17.5 Å². The van der Waals surface area contributed by atoms with Crippen LogP contribution in [0, 0.1) is 0 Å². The van der Waals surface area contributed by atoms with E-state index in [0.29, 0.717) is 18.0 Å². The molecule has 1 aliphatic heterocycles. The van der Waals surface area contributed by atoms with Gasteiger partial charge in [0.25, 0.3) is 0 Å². The molecule has 0 aliphatic carbocycles. The van der Waals surface area contributed by atoms with E-state index in [4.69, 9.17) is 0 Å². The number of carbonyl (C=O) groups excluding carboxylic acids is 1. The second-order valence-electron chi connectivity index (χ2n) is 7.73. The van der Waals surface area contributed by atoms with Crippen molar-refractivity contribution in [3.63, 3.8) is 0 Å². The lowest BCUT2D eigenvalue weighted by molar-refractivity contribution is -0.118. The number of nitrogens with zero attached hydrogens (tertiary/aromatic N) is 8. The molecule has 4 aromatic rings. The van der Waals surface area contributed by atoms with Crippen LogP contribution >= 0.6 is 0 Å². The van der Waals surface area contributed by atoms with E-state index < -0.39 is 0 Å². The van der Waals surface area contributed by atoms with Crippen LogP contribution in [0.25, 0.3) is 16.9 Å². The third-order valence-electron chi connectivity index (χ3n) is 5.66. The zero-order chi connectivity index (χ0) is 21.5. The quantitative estimate of drug-likeness (QED) is 0.532. The summed E-state index contributed by atoms with van der Waals surface area (Å²) >= 11 is 0. The predicted octanol–water partition coefficient (Wildman–Crippen LogP) is 2.91. The van der Waals surface area contributed by atoms with Gasteiger partial charge in [-0.2, -0.15) is 5.10 Å². The minimum atomic E-state index is 0.0656. The van der Waals surface area contributed by atoms with Gasteiger partial charge in [-0.1, -0.05) is 13.3 Å². The molecule has 0 radical (unpaired) electrons. The largest absolute Gasteiger partial charge is 0.309 e. The van der Waals surface area contributed by atoms with Crippen LogP contribution in [0.3, 0.4) is 0 Å². The smallest absolute Gasteiger partial charge is 0.228 e. The Labute approximate surface area is 179 Å². The third kappa shape index (κ3) is 3.29. The summed E-state index contributed by atoms with van der Waals surface area (Å²) in [7, 11) is 3.64. The third-order valence-corrected chi connectivity index (χ3v) is 5.66. The molecular weight excluding hydrogens is 394 g/mol. The lowest BCUT2D eigenvalue weighted by Crippen LogP contribution is -2.27. The van der Waals surface area contributed by atoms with E-state index in [1.807, 2.05) is 35.7 Å². The molecule has 31 heavy (non-hydrogen) atoms. The van der Waals surface area contributed by atoms with Gasteiger partial charge in [-0.3, -0.25) is 13.9 Å². The minimum Gasteiger partial charge on any atom is -0.309 e. The molecule has 1 N–H and O–H groups in total. The summed E-state index contributed by atoms with van der Waals surface area (Å²) in [5.74, 6) is 2.97. The van der Waals surface area contributed by atoms with Crippen LogP contribution in [0.4, 0.5) is 17.6 Å². The first kappa shape index (κ1) is 19.2. The van der Waals surface area contributed by atoms with Crippen molar-refractivity contribution < 1.29 is 4.79 Å². The Morgan fingerprint density at radius 1 is 1.16 bits per heavy atom. The van der Waals surface area contributed by atoms with Crippen LogP contribution in [-0.2, 0) is 11.8 Å². The molecule has 0 saturated carbocycles. The lowest BCUT2D eigenvalue weighted by Gasteiger charge is -2.17. The SMILES string of the molecule is CCC[C@@H]1CC(=O)N(C)c2cc(-c3ccnc(Nc4ccnn4C)n3)cc3nnc1n23. The minimum absolute atomic E-state index is 0.0656. The van der Waals surface area contributed by atoms with Gasteiger partial charge in [0.2, 0.25) is 11.9 Å². The maximum absolute atomic E-state index is 12.8. The van der Waals surface area contributed by atoms with Gasteiger partial charge in [0.05, 0.1) is 11.9 Å². The Morgan fingerprint density at radius 2 is 2.03 bits per heavy atom. The van der Waals surface area contributed by atoms with Crippen molar-refractivity contribution in [3.05, 3.63) is 42.5 Å². The maximum Gasteiger partial charge on any atom is 0.228 e. The van der Waals surface area contributed by atoms with Crippen molar-refractivity contribution in [1.82, 2.24) is 34.3 Å². The van der Waals surface area contributed by atoms with Crippen molar-refractivity contribution in [3.8, 4) is 11.3 Å². The van der Waals surface area contributed by atoms with Crippen LogP contribution in [0.15, 0.2) is 36.7 Å².